The minimum Gasteiger partial charge on any atom is -0.480 e. The maximum absolute atomic E-state index is 11.3. The van der Waals surface area contributed by atoms with Crippen molar-refractivity contribution in [1.29, 1.82) is 0 Å². The third kappa shape index (κ3) is 9.68. The quantitative estimate of drug-likeness (QED) is 0.808. The normalized spacial score (nSPS) is 11.4. The molecule has 23 heavy (non-hydrogen) atoms. The van der Waals surface area contributed by atoms with E-state index in [4.69, 9.17) is 10.8 Å². The van der Waals surface area contributed by atoms with Crippen LogP contribution in [0.5, 0.6) is 0 Å². The maximum atomic E-state index is 11.3. The van der Waals surface area contributed by atoms with Crippen LogP contribution in [0.25, 0.3) is 0 Å². The predicted octanol–water partition coefficient (Wildman–Crippen LogP) is 2.54. The Hall–Kier alpha value is -1.88. The molecule has 0 heterocycles. The molecule has 1 rings (SSSR count). The van der Waals surface area contributed by atoms with E-state index in [0.29, 0.717) is 18.8 Å². The van der Waals surface area contributed by atoms with E-state index in [2.05, 4.69) is 13.8 Å². The minimum atomic E-state index is -0.959. The van der Waals surface area contributed by atoms with Gasteiger partial charge in [-0.1, -0.05) is 44.2 Å². The first-order chi connectivity index (χ1) is 10.8. The monoisotopic (exact) mass is 322 g/mol. The molecule has 1 aromatic rings. The Morgan fingerprint density at radius 2 is 1.65 bits per heavy atom. The molecule has 0 aliphatic rings. The van der Waals surface area contributed by atoms with E-state index in [0.717, 1.165) is 18.7 Å². The second kappa shape index (κ2) is 11.7. The Balaban J connectivity index is 0.000000423. The minimum absolute atomic E-state index is 0.282. The summed E-state index contributed by atoms with van der Waals surface area (Å²) in [5.74, 6) is -0.202. The second-order valence-electron chi connectivity index (χ2n) is 5.80. The van der Waals surface area contributed by atoms with Crippen LogP contribution >= 0.6 is 0 Å². The Morgan fingerprint density at radius 1 is 1.13 bits per heavy atom. The molecule has 0 radical (unpaired) electrons. The van der Waals surface area contributed by atoms with Crippen LogP contribution in [0.15, 0.2) is 30.3 Å². The van der Waals surface area contributed by atoms with Crippen LogP contribution < -0.4 is 5.73 Å². The van der Waals surface area contributed by atoms with Crippen LogP contribution in [-0.4, -0.2) is 41.0 Å². The zero-order valence-corrected chi connectivity index (χ0v) is 14.7. The summed E-state index contributed by atoms with van der Waals surface area (Å²) in [6, 6.07) is 8.54. The van der Waals surface area contributed by atoms with E-state index in [1.54, 1.807) is 0 Å². The fourth-order valence-corrected chi connectivity index (χ4v) is 2.01. The van der Waals surface area contributed by atoms with E-state index in [1.165, 1.54) is 0 Å². The number of amides is 1. The third-order valence-corrected chi connectivity index (χ3v) is 3.31. The van der Waals surface area contributed by atoms with Crippen LogP contribution in [0.2, 0.25) is 0 Å². The second-order valence-corrected chi connectivity index (χ2v) is 5.80. The van der Waals surface area contributed by atoms with Crippen molar-refractivity contribution < 1.29 is 14.7 Å². The number of hydrogen-bond donors (Lipinski definition) is 2. The third-order valence-electron chi connectivity index (χ3n) is 3.31. The molecule has 0 aromatic heterocycles. The molecule has 0 spiro atoms. The van der Waals surface area contributed by atoms with E-state index >= 15 is 0 Å². The van der Waals surface area contributed by atoms with Crippen LogP contribution in [-0.2, 0) is 16.0 Å². The van der Waals surface area contributed by atoms with Gasteiger partial charge < -0.3 is 15.7 Å². The Labute approximate surface area is 139 Å². The lowest BCUT2D eigenvalue weighted by Crippen LogP contribution is -2.32. The molecule has 1 amide bonds. The molecule has 0 saturated heterocycles. The number of rotatable bonds is 7. The standard InChI is InChI=1S/C9H11NO2.C9H19NO/c10-8(9(11)12)6-7-4-2-1-3-5-7;1-5-10(6-2)9(11)7-8(3)4/h1-5,8H,6,10H2,(H,11,12);8H,5-7H2,1-4H3. The number of nitrogens with zero attached hydrogens (tertiary/aromatic N) is 1. The Kier molecular flexibility index (Phi) is 10.7. The van der Waals surface area contributed by atoms with Gasteiger partial charge in [-0.2, -0.15) is 0 Å². The molecule has 5 heteroatoms. The number of carboxylic acids is 1. The molecule has 0 fully saturated rings. The van der Waals surface area contributed by atoms with E-state index in [-0.39, 0.29) is 5.91 Å². The Bertz CT molecular complexity index is 457. The SMILES string of the molecule is CCN(CC)C(=O)CC(C)C.NC(Cc1ccccc1)C(=O)O. The predicted molar refractivity (Wildman–Crippen MR) is 93.1 cm³/mol. The highest BCUT2D eigenvalue weighted by atomic mass is 16.4. The molecule has 0 aliphatic carbocycles. The summed E-state index contributed by atoms with van der Waals surface area (Å²) in [6.07, 6.45) is 1.07. The van der Waals surface area contributed by atoms with Gasteiger partial charge in [-0.15, -0.1) is 0 Å². The molecule has 0 bridgehead atoms. The molecule has 1 unspecified atom stereocenters. The highest BCUT2D eigenvalue weighted by Gasteiger charge is 2.11. The molecule has 0 aliphatic heterocycles. The van der Waals surface area contributed by atoms with Crippen molar-refractivity contribution in [1.82, 2.24) is 4.90 Å². The number of carboxylic acid groups (broad SMARTS) is 1. The first-order valence-corrected chi connectivity index (χ1v) is 8.11. The molecular weight excluding hydrogens is 292 g/mol. The van der Waals surface area contributed by atoms with Gasteiger partial charge in [-0.25, -0.2) is 0 Å². The summed E-state index contributed by atoms with van der Waals surface area (Å²) in [5.41, 5.74) is 6.30. The first kappa shape index (κ1) is 21.1. The molecule has 1 atom stereocenters. The lowest BCUT2D eigenvalue weighted by Gasteiger charge is -2.19. The fourth-order valence-electron chi connectivity index (χ4n) is 2.01. The largest absolute Gasteiger partial charge is 0.480 e. The van der Waals surface area contributed by atoms with Crippen molar-refractivity contribution in [2.75, 3.05) is 13.1 Å². The number of benzene rings is 1. The van der Waals surface area contributed by atoms with E-state index in [9.17, 15) is 9.59 Å². The highest BCUT2D eigenvalue weighted by molar-refractivity contribution is 5.76. The number of nitrogens with two attached hydrogens (primary N) is 1. The number of carbonyl (C=O) groups is 2. The van der Waals surface area contributed by atoms with Crippen molar-refractivity contribution >= 4 is 11.9 Å². The number of hydrogen-bond acceptors (Lipinski definition) is 3. The van der Waals surface area contributed by atoms with Gasteiger partial charge in [0.15, 0.2) is 0 Å². The number of aliphatic carboxylic acids is 1. The lowest BCUT2D eigenvalue weighted by molar-refractivity contribution is -0.138. The van der Waals surface area contributed by atoms with Crippen LogP contribution in [0, 0.1) is 5.92 Å². The maximum Gasteiger partial charge on any atom is 0.320 e. The zero-order valence-electron chi connectivity index (χ0n) is 14.7. The van der Waals surface area contributed by atoms with Gasteiger partial charge in [0.25, 0.3) is 0 Å². The summed E-state index contributed by atoms with van der Waals surface area (Å²) in [7, 11) is 0. The van der Waals surface area contributed by atoms with Crippen molar-refractivity contribution in [3.05, 3.63) is 35.9 Å². The Morgan fingerprint density at radius 3 is 2.04 bits per heavy atom. The smallest absolute Gasteiger partial charge is 0.320 e. The van der Waals surface area contributed by atoms with Gasteiger partial charge in [0, 0.05) is 19.5 Å². The summed E-state index contributed by atoms with van der Waals surface area (Å²) in [4.78, 5) is 23.6. The molecule has 3 N–H and O–H groups in total. The number of carbonyl (C=O) groups excluding carboxylic acids is 1. The fraction of sp³-hybridized carbons (Fsp3) is 0.556. The summed E-state index contributed by atoms with van der Waals surface area (Å²) in [5, 5.41) is 8.52. The van der Waals surface area contributed by atoms with E-state index in [1.807, 2.05) is 49.1 Å². The van der Waals surface area contributed by atoms with Crippen molar-refractivity contribution in [2.24, 2.45) is 11.7 Å². The van der Waals surface area contributed by atoms with Gasteiger partial charge in [0.2, 0.25) is 5.91 Å². The highest BCUT2D eigenvalue weighted by Crippen LogP contribution is 2.03. The van der Waals surface area contributed by atoms with Gasteiger partial charge in [0.1, 0.15) is 6.04 Å². The first-order valence-electron chi connectivity index (χ1n) is 8.11. The van der Waals surface area contributed by atoms with Gasteiger partial charge >= 0.3 is 5.97 Å². The van der Waals surface area contributed by atoms with Crippen molar-refractivity contribution in [2.45, 2.75) is 46.6 Å². The van der Waals surface area contributed by atoms with Gasteiger partial charge in [-0.05, 0) is 31.7 Å². The van der Waals surface area contributed by atoms with Crippen LogP contribution in [0.3, 0.4) is 0 Å². The summed E-state index contributed by atoms with van der Waals surface area (Å²) >= 11 is 0. The molecule has 130 valence electrons. The topological polar surface area (TPSA) is 83.6 Å². The lowest BCUT2D eigenvalue weighted by atomic mass is 10.1. The van der Waals surface area contributed by atoms with E-state index < -0.39 is 12.0 Å². The molecular formula is C18H30N2O3. The van der Waals surface area contributed by atoms with Crippen molar-refractivity contribution in [3.63, 3.8) is 0 Å². The van der Waals surface area contributed by atoms with Crippen LogP contribution in [0.4, 0.5) is 0 Å². The van der Waals surface area contributed by atoms with Crippen LogP contribution in [0.1, 0.15) is 39.7 Å². The summed E-state index contributed by atoms with van der Waals surface area (Å²) in [6.45, 7) is 9.84. The van der Waals surface area contributed by atoms with Gasteiger partial charge in [0.05, 0.1) is 0 Å². The average molecular weight is 322 g/mol. The molecule has 1 aromatic carbocycles. The van der Waals surface area contributed by atoms with Crippen molar-refractivity contribution in [3.8, 4) is 0 Å². The average Bonchev–Trinajstić information content (AvgIpc) is 2.49. The summed E-state index contributed by atoms with van der Waals surface area (Å²) < 4.78 is 0. The zero-order chi connectivity index (χ0) is 17.8. The van der Waals surface area contributed by atoms with Gasteiger partial charge in [-0.3, -0.25) is 9.59 Å². The molecule has 5 nitrogen and oxygen atoms in total. The molecule has 0 saturated carbocycles.